The number of rotatable bonds is 3. The molecule has 1 aromatic rings. The highest BCUT2D eigenvalue weighted by Crippen LogP contribution is 2.38. The van der Waals surface area contributed by atoms with E-state index in [4.69, 9.17) is 25.8 Å². The first-order valence-electron chi connectivity index (χ1n) is 8.22. The van der Waals surface area contributed by atoms with Gasteiger partial charge in [-0.1, -0.05) is 11.6 Å². The van der Waals surface area contributed by atoms with Gasteiger partial charge in [0, 0.05) is 19.2 Å². The van der Waals surface area contributed by atoms with Crippen molar-refractivity contribution in [2.24, 2.45) is 5.92 Å². The van der Waals surface area contributed by atoms with E-state index in [-0.39, 0.29) is 17.8 Å². The molecule has 0 aliphatic carbocycles. The van der Waals surface area contributed by atoms with Gasteiger partial charge in [-0.05, 0) is 36.6 Å². The van der Waals surface area contributed by atoms with Crippen molar-refractivity contribution in [3.05, 3.63) is 28.8 Å². The molecule has 1 fully saturated rings. The Morgan fingerprint density at radius 1 is 1.24 bits per heavy atom. The van der Waals surface area contributed by atoms with Crippen LogP contribution in [0, 0.1) is 5.92 Å². The summed E-state index contributed by atoms with van der Waals surface area (Å²) in [4.78, 5) is 25.6. The quantitative estimate of drug-likeness (QED) is 0.608. The van der Waals surface area contributed by atoms with Crippen LogP contribution in [0.3, 0.4) is 0 Å². The minimum absolute atomic E-state index is 0.0886. The molecule has 0 unspecified atom stereocenters. The third kappa shape index (κ3) is 4.07. The summed E-state index contributed by atoms with van der Waals surface area (Å²) < 4.78 is 15.8. The Bertz CT molecular complexity index is 695. The molecule has 2 aliphatic heterocycles. The van der Waals surface area contributed by atoms with Crippen LogP contribution in [0.2, 0.25) is 5.02 Å². The number of ether oxygens (including phenoxy) is 3. The van der Waals surface area contributed by atoms with E-state index in [1.165, 1.54) is 13.2 Å². The van der Waals surface area contributed by atoms with Gasteiger partial charge < -0.3 is 19.1 Å². The van der Waals surface area contributed by atoms with Gasteiger partial charge in [0.05, 0.1) is 18.1 Å². The number of hydrogen-bond acceptors (Lipinski definition) is 5. The maximum Gasteiger partial charge on any atom is 0.308 e. The van der Waals surface area contributed by atoms with Gasteiger partial charge in [-0.2, -0.15) is 0 Å². The molecule has 1 amide bonds. The largest absolute Gasteiger partial charge is 0.486 e. The van der Waals surface area contributed by atoms with Gasteiger partial charge in [0.25, 0.3) is 0 Å². The fourth-order valence-electron chi connectivity index (χ4n) is 3.00. The number of nitrogens with zero attached hydrogens (tertiary/aromatic N) is 1. The molecule has 134 valence electrons. The van der Waals surface area contributed by atoms with Gasteiger partial charge in [0.15, 0.2) is 11.5 Å². The van der Waals surface area contributed by atoms with Crippen molar-refractivity contribution < 1.29 is 23.8 Å². The lowest BCUT2D eigenvalue weighted by molar-refractivity contribution is -0.148. The van der Waals surface area contributed by atoms with E-state index >= 15 is 0 Å². The second-order valence-corrected chi connectivity index (χ2v) is 6.39. The van der Waals surface area contributed by atoms with Gasteiger partial charge in [0.2, 0.25) is 5.91 Å². The SMILES string of the molecule is COC(=O)C1CCN(C(=O)/C=C\c2cc(Cl)c3c(c2)OCCO3)CC1. The summed E-state index contributed by atoms with van der Waals surface area (Å²) >= 11 is 6.19. The second kappa shape index (κ2) is 7.78. The molecule has 2 aliphatic rings. The molecule has 25 heavy (non-hydrogen) atoms. The first-order valence-corrected chi connectivity index (χ1v) is 8.60. The topological polar surface area (TPSA) is 65.1 Å². The van der Waals surface area contributed by atoms with Gasteiger partial charge in [-0.15, -0.1) is 0 Å². The van der Waals surface area contributed by atoms with Crippen LogP contribution < -0.4 is 9.47 Å². The summed E-state index contributed by atoms with van der Waals surface area (Å²) in [6, 6.07) is 3.54. The number of benzene rings is 1. The lowest BCUT2D eigenvalue weighted by atomic mass is 9.97. The number of esters is 1. The van der Waals surface area contributed by atoms with Crippen LogP contribution in [0.5, 0.6) is 11.5 Å². The summed E-state index contributed by atoms with van der Waals surface area (Å²) in [5, 5.41) is 0.461. The van der Waals surface area contributed by atoms with Crippen LogP contribution in [0.4, 0.5) is 0 Å². The molecule has 0 saturated carbocycles. The van der Waals surface area contributed by atoms with E-state index in [0.717, 1.165) is 5.56 Å². The summed E-state index contributed by atoms with van der Waals surface area (Å²) in [6.07, 6.45) is 4.48. The number of halogens is 1. The van der Waals surface area contributed by atoms with Crippen LogP contribution in [-0.4, -0.2) is 50.2 Å². The van der Waals surface area contributed by atoms with Crippen molar-refractivity contribution in [1.82, 2.24) is 4.90 Å². The van der Waals surface area contributed by atoms with Crippen molar-refractivity contribution in [2.45, 2.75) is 12.8 Å². The van der Waals surface area contributed by atoms with Gasteiger partial charge in [-0.25, -0.2) is 0 Å². The Labute approximate surface area is 151 Å². The summed E-state index contributed by atoms with van der Waals surface area (Å²) in [5.41, 5.74) is 0.770. The molecule has 1 saturated heterocycles. The van der Waals surface area contributed by atoms with Crippen LogP contribution in [-0.2, 0) is 14.3 Å². The lowest BCUT2D eigenvalue weighted by Gasteiger charge is -2.29. The van der Waals surface area contributed by atoms with Crippen LogP contribution in [0.15, 0.2) is 18.2 Å². The minimum atomic E-state index is -0.200. The molecule has 0 radical (unpaired) electrons. The fourth-order valence-corrected chi connectivity index (χ4v) is 3.28. The fraction of sp³-hybridized carbons (Fsp3) is 0.444. The van der Waals surface area contributed by atoms with E-state index < -0.39 is 0 Å². The molecule has 0 N–H and O–H groups in total. The maximum atomic E-state index is 12.3. The smallest absolute Gasteiger partial charge is 0.308 e. The zero-order valence-corrected chi connectivity index (χ0v) is 14.8. The number of fused-ring (bicyclic) bond motifs is 1. The third-order valence-corrected chi connectivity index (χ3v) is 4.66. The van der Waals surface area contributed by atoms with Crippen molar-refractivity contribution >= 4 is 29.6 Å². The van der Waals surface area contributed by atoms with Crippen LogP contribution in [0.25, 0.3) is 6.08 Å². The predicted octanol–water partition coefficient (Wildman–Crippen LogP) is 2.54. The number of carbonyl (C=O) groups is 2. The summed E-state index contributed by atoms with van der Waals surface area (Å²) in [7, 11) is 1.39. The van der Waals surface area contributed by atoms with E-state index in [1.54, 1.807) is 23.1 Å². The zero-order chi connectivity index (χ0) is 17.8. The molecule has 0 atom stereocenters. The predicted molar refractivity (Wildman–Crippen MR) is 92.8 cm³/mol. The third-order valence-electron chi connectivity index (χ3n) is 4.38. The van der Waals surface area contributed by atoms with Crippen LogP contribution >= 0.6 is 11.6 Å². The van der Waals surface area contributed by atoms with Crippen LogP contribution in [0.1, 0.15) is 18.4 Å². The first-order chi connectivity index (χ1) is 12.1. The number of piperidine rings is 1. The van der Waals surface area contributed by atoms with E-state index in [2.05, 4.69) is 0 Å². The number of likely N-dealkylation sites (tertiary alicyclic amines) is 1. The van der Waals surface area contributed by atoms with Gasteiger partial charge in [-0.3, -0.25) is 9.59 Å². The number of carbonyl (C=O) groups excluding carboxylic acids is 2. The molecular weight excluding hydrogens is 346 g/mol. The highest BCUT2D eigenvalue weighted by molar-refractivity contribution is 6.32. The number of amides is 1. The number of hydrogen-bond donors (Lipinski definition) is 0. The molecule has 2 heterocycles. The van der Waals surface area contributed by atoms with Crippen molar-refractivity contribution in [2.75, 3.05) is 33.4 Å². The highest BCUT2D eigenvalue weighted by Gasteiger charge is 2.27. The average molecular weight is 366 g/mol. The van der Waals surface area contributed by atoms with Gasteiger partial charge >= 0.3 is 5.97 Å². The molecule has 6 nitrogen and oxygen atoms in total. The van der Waals surface area contributed by atoms with Gasteiger partial charge in [0.1, 0.15) is 13.2 Å². The second-order valence-electron chi connectivity index (χ2n) is 5.98. The van der Waals surface area contributed by atoms with E-state index in [9.17, 15) is 9.59 Å². The standard InChI is InChI=1S/C18H20ClNO5/c1-23-18(22)13-4-6-20(7-5-13)16(21)3-2-12-10-14(19)17-15(11-12)24-8-9-25-17/h2-3,10-11,13H,4-9H2,1H3/b3-2-. The van der Waals surface area contributed by atoms with E-state index in [1.807, 2.05) is 0 Å². The molecule has 0 aromatic heterocycles. The van der Waals surface area contributed by atoms with E-state index in [0.29, 0.717) is 55.7 Å². The number of methoxy groups -OCH3 is 1. The Hall–Kier alpha value is -2.21. The average Bonchev–Trinajstić information content (AvgIpc) is 2.65. The van der Waals surface area contributed by atoms with Crippen molar-refractivity contribution in [3.8, 4) is 11.5 Å². The lowest BCUT2D eigenvalue weighted by Crippen LogP contribution is -2.39. The monoisotopic (exact) mass is 365 g/mol. The molecule has 7 heteroatoms. The zero-order valence-electron chi connectivity index (χ0n) is 14.0. The maximum absolute atomic E-state index is 12.3. The van der Waals surface area contributed by atoms with Crippen molar-refractivity contribution in [3.63, 3.8) is 0 Å². The Morgan fingerprint density at radius 3 is 2.68 bits per heavy atom. The highest BCUT2D eigenvalue weighted by atomic mass is 35.5. The summed E-state index contributed by atoms with van der Waals surface area (Å²) in [5.74, 6) is 0.725. The Kier molecular flexibility index (Phi) is 5.48. The van der Waals surface area contributed by atoms with Crippen molar-refractivity contribution in [1.29, 1.82) is 0 Å². The Balaban J connectivity index is 1.62. The Morgan fingerprint density at radius 2 is 1.96 bits per heavy atom. The molecule has 1 aromatic carbocycles. The molecule has 0 bridgehead atoms. The normalized spacial score (nSPS) is 17.6. The minimum Gasteiger partial charge on any atom is -0.486 e. The molecule has 0 spiro atoms. The first kappa shape index (κ1) is 17.6. The molecular formula is C18H20ClNO5. The molecule has 3 rings (SSSR count). The summed E-state index contributed by atoms with van der Waals surface area (Å²) in [6.45, 7) is 2.04.